The molecule has 5 heteroatoms. The monoisotopic (exact) mass is 295 g/mol. The highest BCUT2D eigenvalue weighted by Crippen LogP contribution is 2.21. The fourth-order valence-corrected chi connectivity index (χ4v) is 3.17. The van der Waals surface area contributed by atoms with Crippen LogP contribution in [0.15, 0.2) is 40.4 Å². The Morgan fingerprint density at radius 2 is 1.60 bits per heavy atom. The van der Waals surface area contributed by atoms with Crippen LogP contribution in [0.2, 0.25) is 0 Å². The zero-order valence-electron chi connectivity index (χ0n) is 11.6. The molecule has 110 valence electrons. The summed E-state index contributed by atoms with van der Waals surface area (Å²) in [7, 11) is -3.78. The van der Waals surface area contributed by atoms with Gasteiger partial charge < -0.3 is 0 Å². The highest BCUT2D eigenvalue weighted by molar-refractivity contribution is 7.86. The van der Waals surface area contributed by atoms with Gasteiger partial charge in [0.2, 0.25) is 0 Å². The van der Waals surface area contributed by atoms with Crippen molar-refractivity contribution in [2.24, 2.45) is 11.1 Å². The second kappa shape index (κ2) is 7.43. The summed E-state index contributed by atoms with van der Waals surface area (Å²) in [5, 5.41) is 3.70. The molecule has 4 nitrogen and oxygen atoms in total. The quantitative estimate of drug-likeness (QED) is 0.628. The third-order valence-electron chi connectivity index (χ3n) is 3.59. The Labute approximate surface area is 121 Å². The zero-order valence-corrected chi connectivity index (χ0v) is 12.4. The molecule has 0 atom stereocenters. The van der Waals surface area contributed by atoms with Gasteiger partial charge in [-0.15, -0.1) is 0 Å². The van der Waals surface area contributed by atoms with E-state index in [1.54, 1.807) is 24.4 Å². The van der Waals surface area contributed by atoms with Gasteiger partial charge >= 0.3 is 10.1 Å². The maximum Gasteiger partial charge on any atom is 0.358 e. The molecule has 0 amide bonds. The minimum Gasteiger partial charge on any atom is -0.265 e. The van der Waals surface area contributed by atoms with E-state index in [0.717, 1.165) is 12.8 Å². The molecule has 0 aromatic heterocycles. The van der Waals surface area contributed by atoms with Crippen molar-refractivity contribution < 1.29 is 12.7 Å². The SMILES string of the molecule is O=S(=O)(ON=CC1CCCCCCC1)c1ccccc1. The molecule has 1 fully saturated rings. The summed E-state index contributed by atoms with van der Waals surface area (Å²) in [6.45, 7) is 0. The average Bonchev–Trinajstić information content (AvgIpc) is 2.42. The molecule has 2 rings (SSSR count). The third-order valence-corrected chi connectivity index (χ3v) is 4.73. The summed E-state index contributed by atoms with van der Waals surface area (Å²) in [5.74, 6) is 0.335. The van der Waals surface area contributed by atoms with E-state index in [1.807, 2.05) is 0 Å². The summed E-state index contributed by atoms with van der Waals surface area (Å²) in [5.41, 5.74) is 0. The molecule has 0 heterocycles. The van der Waals surface area contributed by atoms with Crippen LogP contribution in [0, 0.1) is 5.92 Å². The van der Waals surface area contributed by atoms with Crippen LogP contribution in [0.1, 0.15) is 44.9 Å². The van der Waals surface area contributed by atoms with E-state index in [0.29, 0.717) is 5.92 Å². The molecule has 0 radical (unpaired) electrons. The standard InChI is InChI=1S/C15H21NO3S/c17-20(18,15-11-7-4-8-12-15)19-16-13-14-9-5-2-1-3-6-10-14/h4,7-8,11-14H,1-3,5-6,9-10H2. The lowest BCUT2D eigenvalue weighted by atomic mass is 9.92. The Hall–Kier alpha value is -1.36. The number of rotatable bonds is 4. The first-order valence-electron chi connectivity index (χ1n) is 7.21. The minimum atomic E-state index is -3.78. The van der Waals surface area contributed by atoms with Crippen LogP contribution in [0.4, 0.5) is 0 Å². The van der Waals surface area contributed by atoms with Crippen molar-refractivity contribution in [3.05, 3.63) is 30.3 Å². The van der Waals surface area contributed by atoms with Crippen LogP contribution in [-0.2, 0) is 14.4 Å². The van der Waals surface area contributed by atoms with Gasteiger partial charge in [-0.25, -0.2) is 0 Å². The van der Waals surface area contributed by atoms with E-state index >= 15 is 0 Å². The van der Waals surface area contributed by atoms with Crippen molar-refractivity contribution in [1.29, 1.82) is 0 Å². The fraction of sp³-hybridized carbons (Fsp3) is 0.533. The van der Waals surface area contributed by atoms with Crippen molar-refractivity contribution in [2.45, 2.75) is 49.8 Å². The van der Waals surface area contributed by atoms with E-state index in [-0.39, 0.29) is 4.90 Å². The lowest BCUT2D eigenvalue weighted by molar-refractivity contribution is 0.335. The summed E-state index contributed by atoms with van der Waals surface area (Å²) in [6.07, 6.45) is 9.98. The van der Waals surface area contributed by atoms with E-state index < -0.39 is 10.1 Å². The first-order chi connectivity index (χ1) is 9.68. The summed E-state index contributed by atoms with van der Waals surface area (Å²) in [4.78, 5) is 0.134. The number of hydrogen-bond acceptors (Lipinski definition) is 4. The lowest BCUT2D eigenvalue weighted by Crippen LogP contribution is -2.07. The maximum absolute atomic E-state index is 11.9. The Morgan fingerprint density at radius 3 is 2.25 bits per heavy atom. The zero-order chi connectivity index (χ0) is 14.3. The molecule has 0 unspecified atom stereocenters. The number of hydrogen-bond donors (Lipinski definition) is 0. The third kappa shape index (κ3) is 4.63. The molecule has 20 heavy (non-hydrogen) atoms. The second-order valence-corrected chi connectivity index (χ2v) is 6.73. The van der Waals surface area contributed by atoms with Gasteiger partial charge in [0.1, 0.15) is 4.90 Å². The second-order valence-electron chi connectivity index (χ2n) is 5.20. The Bertz CT molecular complexity index is 517. The van der Waals surface area contributed by atoms with E-state index in [4.69, 9.17) is 4.28 Å². The summed E-state index contributed by atoms with van der Waals surface area (Å²) in [6, 6.07) is 8.08. The Balaban J connectivity index is 1.91. The molecule has 1 saturated carbocycles. The van der Waals surface area contributed by atoms with Gasteiger partial charge in [-0.05, 0) is 30.9 Å². The lowest BCUT2D eigenvalue weighted by Gasteiger charge is -2.14. The van der Waals surface area contributed by atoms with Crippen molar-refractivity contribution in [2.75, 3.05) is 0 Å². The minimum absolute atomic E-state index is 0.134. The van der Waals surface area contributed by atoms with Crippen LogP contribution in [-0.4, -0.2) is 14.6 Å². The van der Waals surface area contributed by atoms with E-state index in [1.165, 1.54) is 44.2 Å². The molecule has 0 N–H and O–H groups in total. The van der Waals surface area contributed by atoms with Gasteiger partial charge in [0.05, 0.1) is 0 Å². The van der Waals surface area contributed by atoms with Crippen molar-refractivity contribution in [1.82, 2.24) is 0 Å². The van der Waals surface area contributed by atoms with Gasteiger partial charge in [-0.2, -0.15) is 8.42 Å². The molecular formula is C15H21NO3S. The average molecular weight is 295 g/mol. The van der Waals surface area contributed by atoms with E-state index in [9.17, 15) is 8.42 Å². The smallest absolute Gasteiger partial charge is 0.265 e. The van der Waals surface area contributed by atoms with Crippen LogP contribution in [0.3, 0.4) is 0 Å². The molecule has 0 spiro atoms. The highest BCUT2D eigenvalue weighted by atomic mass is 32.2. The highest BCUT2D eigenvalue weighted by Gasteiger charge is 2.15. The first kappa shape index (κ1) is 15.0. The van der Waals surface area contributed by atoms with Crippen molar-refractivity contribution >= 4 is 16.3 Å². The van der Waals surface area contributed by atoms with Crippen molar-refractivity contribution in [3.63, 3.8) is 0 Å². The predicted molar refractivity (Wildman–Crippen MR) is 79.0 cm³/mol. The van der Waals surface area contributed by atoms with Gasteiger partial charge in [0, 0.05) is 6.21 Å². The van der Waals surface area contributed by atoms with Gasteiger partial charge in [0.25, 0.3) is 0 Å². The molecular weight excluding hydrogens is 274 g/mol. The fourth-order valence-electron chi connectivity index (χ4n) is 2.43. The predicted octanol–water partition coefficient (Wildman–Crippen LogP) is 3.74. The normalized spacial score (nSPS) is 18.6. The number of benzene rings is 1. The number of oxime groups is 1. The van der Waals surface area contributed by atoms with Gasteiger partial charge in [-0.1, -0.05) is 55.5 Å². The Kier molecular flexibility index (Phi) is 5.59. The van der Waals surface area contributed by atoms with Crippen LogP contribution in [0.5, 0.6) is 0 Å². The molecule has 1 aliphatic rings. The molecule has 1 aromatic carbocycles. The van der Waals surface area contributed by atoms with Crippen LogP contribution < -0.4 is 0 Å². The molecule has 1 aliphatic carbocycles. The molecule has 0 bridgehead atoms. The molecule has 1 aromatic rings. The first-order valence-corrected chi connectivity index (χ1v) is 8.61. The molecule has 0 aliphatic heterocycles. The maximum atomic E-state index is 11.9. The summed E-state index contributed by atoms with van der Waals surface area (Å²) < 4.78 is 28.5. The Morgan fingerprint density at radius 1 is 1.00 bits per heavy atom. The largest absolute Gasteiger partial charge is 0.358 e. The topological polar surface area (TPSA) is 55.7 Å². The summed E-state index contributed by atoms with van der Waals surface area (Å²) >= 11 is 0. The number of nitrogens with zero attached hydrogens (tertiary/aromatic N) is 1. The van der Waals surface area contributed by atoms with Crippen LogP contribution >= 0.6 is 0 Å². The van der Waals surface area contributed by atoms with Gasteiger partial charge in [-0.3, -0.25) is 4.28 Å². The van der Waals surface area contributed by atoms with E-state index in [2.05, 4.69) is 5.16 Å². The van der Waals surface area contributed by atoms with Crippen molar-refractivity contribution in [3.8, 4) is 0 Å². The van der Waals surface area contributed by atoms with Gasteiger partial charge in [0.15, 0.2) is 0 Å². The molecule has 0 saturated heterocycles. The van der Waals surface area contributed by atoms with Crippen LogP contribution in [0.25, 0.3) is 0 Å².